The molecule has 0 heterocycles. The zero-order valence-corrected chi connectivity index (χ0v) is 15.4. The Labute approximate surface area is 158 Å². The van der Waals surface area contributed by atoms with Crippen LogP contribution in [0.1, 0.15) is 23.7 Å². The summed E-state index contributed by atoms with van der Waals surface area (Å²) in [6.07, 6.45) is -2.64. The number of benzene rings is 2. The topological polar surface area (TPSA) is 97.3 Å². The third kappa shape index (κ3) is 6.47. The molecule has 0 aliphatic heterocycles. The lowest BCUT2D eigenvalue weighted by atomic mass is 10.0. The molecule has 2 rings (SSSR count). The summed E-state index contributed by atoms with van der Waals surface area (Å²) < 4.78 is 15.4. The Balaban J connectivity index is 1.79. The van der Waals surface area contributed by atoms with Gasteiger partial charge in [-0.05, 0) is 29.7 Å². The smallest absolute Gasteiger partial charge is 0.407 e. The fourth-order valence-corrected chi connectivity index (χ4v) is 2.48. The van der Waals surface area contributed by atoms with Crippen LogP contribution in [0.5, 0.6) is 11.5 Å². The van der Waals surface area contributed by atoms with Crippen LogP contribution in [0, 0.1) is 0 Å². The SMILES string of the molecule is COc1cc(OC)cc(C(O)C(O)CCNC(=O)OCc2ccccc2)c1. The molecular formula is C20H25NO6. The summed E-state index contributed by atoms with van der Waals surface area (Å²) in [7, 11) is 3.01. The number of carbonyl (C=O) groups excluding carboxylic acids is 1. The molecule has 7 nitrogen and oxygen atoms in total. The van der Waals surface area contributed by atoms with E-state index in [1.165, 1.54) is 14.2 Å². The highest BCUT2D eigenvalue weighted by Crippen LogP contribution is 2.28. The lowest BCUT2D eigenvalue weighted by Crippen LogP contribution is -2.29. The van der Waals surface area contributed by atoms with Crippen molar-refractivity contribution < 1.29 is 29.2 Å². The Hall–Kier alpha value is -2.77. The van der Waals surface area contributed by atoms with Crippen LogP contribution < -0.4 is 14.8 Å². The lowest BCUT2D eigenvalue weighted by Gasteiger charge is -2.19. The van der Waals surface area contributed by atoms with Crippen LogP contribution in [0.2, 0.25) is 0 Å². The van der Waals surface area contributed by atoms with Crippen molar-refractivity contribution in [2.45, 2.75) is 25.2 Å². The first kappa shape index (κ1) is 20.5. The summed E-state index contributed by atoms with van der Waals surface area (Å²) in [6, 6.07) is 14.2. The van der Waals surface area contributed by atoms with Gasteiger partial charge >= 0.3 is 6.09 Å². The van der Waals surface area contributed by atoms with Crippen molar-refractivity contribution in [2.24, 2.45) is 0 Å². The average molecular weight is 375 g/mol. The number of rotatable bonds is 9. The van der Waals surface area contributed by atoms with Gasteiger partial charge in [0.15, 0.2) is 0 Å². The van der Waals surface area contributed by atoms with Gasteiger partial charge in [0.2, 0.25) is 0 Å². The first-order valence-corrected chi connectivity index (χ1v) is 8.57. The standard InChI is InChI=1S/C20H25NO6/c1-25-16-10-15(11-17(12-16)26-2)19(23)18(22)8-9-21-20(24)27-13-14-6-4-3-5-7-14/h3-7,10-12,18-19,22-23H,8-9,13H2,1-2H3,(H,21,24). The minimum atomic E-state index is -1.14. The third-order valence-corrected chi connectivity index (χ3v) is 4.00. The number of methoxy groups -OCH3 is 2. The minimum absolute atomic E-state index is 0.154. The van der Waals surface area contributed by atoms with Crippen molar-refractivity contribution in [1.82, 2.24) is 5.32 Å². The largest absolute Gasteiger partial charge is 0.497 e. The van der Waals surface area contributed by atoms with Gasteiger partial charge < -0.3 is 29.7 Å². The zero-order valence-electron chi connectivity index (χ0n) is 15.4. The summed E-state index contributed by atoms with van der Waals surface area (Å²) in [6.45, 7) is 0.328. The van der Waals surface area contributed by atoms with Crippen LogP contribution in [0.25, 0.3) is 0 Å². The molecule has 0 aliphatic carbocycles. The zero-order chi connectivity index (χ0) is 19.6. The first-order valence-electron chi connectivity index (χ1n) is 8.57. The van der Waals surface area contributed by atoms with Crippen LogP contribution >= 0.6 is 0 Å². The lowest BCUT2D eigenvalue weighted by molar-refractivity contribution is 0.0134. The summed E-state index contributed by atoms with van der Waals surface area (Å²) in [5, 5.41) is 23.1. The molecule has 0 fully saturated rings. The number of aliphatic hydroxyl groups excluding tert-OH is 2. The van der Waals surface area contributed by atoms with Gasteiger partial charge in [-0.15, -0.1) is 0 Å². The van der Waals surface area contributed by atoms with Crippen molar-refractivity contribution in [2.75, 3.05) is 20.8 Å². The molecule has 7 heteroatoms. The molecule has 0 saturated heterocycles. The maximum atomic E-state index is 11.7. The second kappa shape index (κ2) is 10.4. The summed E-state index contributed by atoms with van der Waals surface area (Å²) >= 11 is 0. The van der Waals surface area contributed by atoms with E-state index in [2.05, 4.69) is 5.32 Å². The normalized spacial score (nSPS) is 12.7. The van der Waals surface area contributed by atoms with Gasteiger partial charge in [-0.2, -0.15) is 0 Å². The van der Waals surface area contributed by atoms with E-state index < -0.39 is 18.3 Å². The highest BCUT2D eigenvalue weighted by molar-refractivity contribution is 5.67. The summed E-state index contributed by atoms with van der Waals surface area (Å²) in [5.74, 6) is 1.02. The monoisotopic (exact) mass is 375 g/mol. The molecule has 2 aromatic carbocycles. The molecule has 0 bridgehead atoms. The highest BCUT2D eigenvalue weighted by Gasteiger charge is 2.20. The molecule has 2 unspecified atom stereocenters. The van der Waals surface area contributed by atoms with Crippen molar-refractivity contribution in [3.63, 3.8) is 0 Å². The van der Waals surface area contributed by atoms with Crippen molar-refractivity contribution in [3.8, 4) is 11.5 Å². The predicted molar refractivity (Wildman–Crippen MR) is 99.8 cm³/mol. The number of amides is 1. The van der Waals surface area contributed by atoms with Crippen LogP contribution in [-0.2, 0) is 11.3 Å². The van der Waals surface area contributed by atoms with Gasteiger partial charge in [-0.1, -0.05) is 30.3 Å². The third-order valence-electron chi connectivity index (χ3n) is 4.00. The first-order chi connectivity index (χ1) is 13.0. The second-order valence-corrected chi connectivity index (χ2v) is 5.94. The molecule has 0 aliphatic rings. The molecule has 146 valence electrons. The molecule has 0 saturated carbocycles. The van der Waals surface area contributed by atoms with Gasteiger partial charge in [0.05, 0.1) is 20.3 Å². The Bertz CT molecular complexity index is 699. The molecule has 0 aromatic heterocycles. The second-order valence-electron chi connectivity index (χ2n) is 5.94. The molecular weight excluding hydrogens is 350 g/mol. The fourth-order valence-electron chi connectivity index (χ4n) is 2.48. The number of hydrogen-bond acceptors (Lipinski definition) is 6. The van der Waals surface area contributed by atoms with E-state index in [1.807, 2.05) is 30.3 Å². The van der Waals surface area contributed by atoms with Crippen molar-refractivity contribution in [1.29, 1.82) is 0 Å². The highest BCUT2D eigenvalue weighted by atomic mass is 16.5. The van der Waals surface area contributed by atoms with E-state index in [4.69, 9.17) is 14.2 Å². The van der Waals surface area contributed by atoms with Gasteiger partial charge in [0.25, 0.3) is 0 Å². The molecule has 0 spiro atoms. The van der Waals surface area contributed by atoms with Crippen LogP contribution in [0.4, 0.5) is 4.79 Å². The predicted octanol–water partition coefficient (Wildman–Crippen LogP) is 2.41. The summed E-state index contributed by atoms with van der Waals surface area (Å²) in [5.41, 5.74) is 1.35. The average Bonchev–Trinajstić information content (AvgIpc) is 2.71. The molecule has 2 atom stereocenters. The molecule has 0 radical (unpaired) electrons. The van der Waals surface area contributed by atoms with Crippen molar-refractivity contribution in [3.05, 3.63) is 59.7 Å². The van der Waals surface area contributed by atoms with E-state index in [-0.39, 0.29) is 19.6 Å². The number of nitrogens with one attached hydrogen (secondary N) is 1. The quantitative estimate of drug-likeness (QED) is 0.623. The molecule has 27 heavy (non-hydrogen) atoms. The van der Waals surface area contributed by atoms with E-state index in [0.717, 1.165) is 5.56 Å². The van der Waals surface area contributed by atoms with Gasteiger partial charge in [-0.25, -0.2) is 4.79 Å². The van der Waals surface area contributed by atoms with Gasteiger partial charge in [0, 0.05) is 12.6 Å². The van der Waals surface area contributed by atoms with E-state index >= 15 is 0 Å². The Morgan fingerprint density at radius 2 is 1.67 bits per heavy atom. The van der Waals surface area contributed by atoms with Crippen LogP contribution in [-0.4, -0.2) is 43.2 Å². The van der Waals surface area contributed by atoms with Gasteiger partial charge in [-0.3, -0.25) is 0 Å². The minimum Gasteiger partial charge on any atom is -0.497 e. The number of aliphatic hydroxyl groups is 2. The van der Waals surface area contributed by atoms with E-state index in [1.54, 1.807) is 18.2 Å². The van der Waals surface area contributed by atoms with E-state index in [0.29, 0.717) is 17.1 Å². The van der Waals surface area contributed by atoms with Crippen LogP contribution in [0.15, 0.2) is 48.5 Å². The van der Waals surface area contributed by atoms with Crippen LogP contribution in [0.3, 0.4) is 0 Å². The summed E-state index contributed by atoms with van der Waals surface area (Å²) in [4.78, 5) is 11.7. The molecule has 1 amide bonds. The number of ether oxygens (including phenoxy) is 3. The Morgan fingerprint density at radius 1 is 1.04 bits per heavy atom. The Kier molecular flexibility index (Phi) is 7.91. The number of carbonyl (C=O) groups is 1. The fraction of sp³-hybridized carbons (Fsp3) is 0.350. The van der Waals surface area contributed by atoms with Crippen molar-refractivity contribution >= 4 is 6.09 Å². The van der Waals surface area contributed by atoms with Gasteiger partial charge in [0.1, 0.15) is 24.2 Å². The van der Waals surface area contributed by atoms with E-state index in [9.17, 15) is 15.0 Å². The maximum absolute atomic E-state index is 11.7. The maximum Gasteiger partial charge on any atom is 0.407 e. The molecule has 3 N–H and O–H groups in total. The number of alkyl carbamates (subject to hydrolysis) is 1. The molecule has 2 aromatic rings. The number of hydrogen-bond donors (Lipinski definition) is 3. The Morgan fingerprint density at radius 3 is 2.26 bits per heavy atom.